The van der Waals surface area contributed by atoms with Crippen molar-refractivity contribution in [1.29, 1.82) is 0 Å². The maximum Gasteiger partial charge on any atom is 0.305 e. The minimum absolute atomic E-state index is 0.0511. The van der Waals surface area contributed by atoms with Gasteiger partial charge in [0.25, 0.3) is 0 Å². The van der Waals surface area contributed by atoms with Crippen LogP contribution in [0.5, 0.6) is 0 Å². The van der Waals surface area contributed by atoms with E-state index in [0.29, 0.717) is 30.1 Å². The fourth-order valence-corrected chi connectivity index (χ4v) is 7.34. The molecule has 0 amide bonds. The van der Waals surface area contributed by atoms with Crippen molar-refractivity contribution >= 4 is 5.97 Å². The Morgan fingerprint density at radius 1 is 1.02 bits per heavy atom. The first kappa shape index (κ1) is 33.4. The molecule has 4 aliphatic rings. The number of hydrogen-bond donors (Lipinski definition) is 0. The zero-order chi connectivity index (χ0) is 29.7. The van der Waals surface area contributed by atoms with Crippen LogP contribution in [0.3, 0.4) is 0 Å². The van der Waals surface area contributed by atoms with E-state index in [9.17, 15) is 4.79 Å². The van der Waals surface area contributed by atoms with Crippen molar-refractivity contribution < 1.29 is 28.5 Å². The van der Waals surface area contributed by atoms with E-state index in [1.165, 1.54) is 31.9 Å². The number of hydrogen-bond acceptors (Lipinski definition) is 6. The highest BCUT2D eigenvalue weighted by Crippen LogP contribution is 2.52. The Morgan fingerprint density at radius 2 is 1.79 bits per heavy atom. The molecule has 0 bridgehead atoms. The van der Waals surface area contributed by atoms with E-state index >= 15 is 0 Å². The van der Waals surface area contributed by atoms with Crippen molar-refractivity contribution in [3.63, 3.8) is 0 Å². The lowest BCUT2D eigenvalue weighted by molar-refractivity contribution is -0.193. The third kappa shape index (κ3) is 10.9. The number of methoxy groups -OCH3 is 1. The predicted octanol–water partition coefficient (Wildman–Crippen LogP) is 8.45. The maximum atomic E-state index is 11.5. The first-order chi connectivity index (χ1) is 20.4. The molecule has 0 aromatic rings. The Bertz CT molecular complexity index is 893. The van der Waals surface area contributed by atoms with Gasteiger partial charge >= 0.3 is 5.97 Å². The number of fused-ring (bicyclic) bond motifs is 1. The highest BCUT2D eigenvalue weighted by molar-refractivity contribution is 5.69. The molecule has 6 heteroatoms. The third-order valence-electron chi connectivity index (χ3n) is 9.66. The molecule has 6 nitrogen and oxygen atoms in total. The molecule has 4 fully saturated rings. The smallest absolute Gasteiger partial charge is 0.305 e. The van der Waals surface area contributed by atoms with Crippen LogP contribution in [0.2, 0.25) is 0 Å². The summed E-state index contributed by atoms with van der Waals surface area (Å²) in [6, 6.07) is 0. The molecule has 2 unspecified atom stereocenters. The lowest BCUT2D eigenvalue weighted by atomic mass is 9.89. The summed E-state index contributed by atoms with van der Waals surface area (Å²) in [6.45, 7) is 8.33. The summed E-state index contributed by atoms with van der Waals surface area (Å²) in [6.07, 6.45) is 25.2. The van der Waals surface area contributed by atoms with Gasteiger partial charge in [-0.15, -0.1) is 0 Å². The molecule has 4 rings (SSSR count). The van der Waals surface area contributed by atoms with E-state index in [1.807, 2.05) is 0 Å². The topological polar surface area (TPSA) is 63.2 Å². The van der Waals surface area contributed by atoms with Crippen LogP contribution in [0.4, 0.5) is 0 Å². The Hall–Kier alpha value is -1.47. The van der Waals surface area contributed by atoms with Crippen LogP contribution < -0.4 is 0 Å². The van der Waals surface area contributed by atoms with Gasteiger partial charge in [-0.25, -0.2) is 0 Å². The van der Waals surface area contributed by atoms with Gasteiger partial charge in [0.15, 0.2) is 12.6 Å². The molecule has 0 spiro atoms. The second-order valence-electron chi connectivity index (χ2n) is 13.5. The molecule has 2 heterocycles. The van der Waals surface area contributed by atoms with Crippen molar-refractivity contribution in [2.75, 3.05) is 20.3 Å². The quantitative estimate of drug-likeness (QED) is 0.109. The minimum Gasteiger partial charge on any atom is -0.469 e. The first-order valence-corrected chi connectivity index (χ1v) is 17.0. The summed E-state index contributed by atoms with van der Waals surface area (Å²) >= 11 is 0. The van der Waals surface area contributed by atoms with Crippen molar-refractivity contribution in [3.05, 3.63) is 35.5 Å². The second-order valence-corrected chi connectivity index (χ2v) is 13.5. The number of allylic oxidation sites excluding steroid dienone is 4. The van der Waals surface area contributed by atoms with Crippen LogP contribution >= 0.6 is 0 Å². The van der Waals surface area contributed by atoms with E-state index < -0.39 is 0 Å². The van der Waals surface area contributed by atoms with Gasteiger partial charge in [-0.3, -0.25) is 4.79 Å². The predicted molar refractivity (Wildman–Crippen MR) is 167 cm³/mol. The van der Waals surface area contributed by atoms with E-state index in [1.54, 1.807) is 5.57 Å². The summed E-state index contributed by atoms with van der Waals surface area (Å²) in [5, 5.41) is 0. The number of rotatable bonds is 15. The van der Waals surface area contributed by atoms with Crippen molar-refractivity contribution in [2.45, 2.75) is 142 Å². The molecule has 0 aromatic carbocycles. The van der Waals surface area contributed by atoms with Gasteiger partial charge in [0.1, 0.15) is 0 Å². The normalized spacial score (nSPS) is 32.1. The Labute approximate surface area is 255 Å². The average molecular weight is 587 g/mol. The van der Waals surface area contributed by atoms with Gasteiger partial charge < -0.3 is 23.7 Å². The van der Waals surface area contributed by atoms with Gasteiger partial charge in [-0.1, -0.05) is 42.4 Å². The van der Waals surface area contributed by atoms with Crippen LogP contribution in [0.25, 0.3) is 0 Å². The number of carbonyl (C=O) groups excluding carboxylic acids is 1. The third-order valence-corrected chi connectivity index (χ3v) is 9.66. The van der Waals surface area contributed by atoms with E-state index in [-0.39, 0.29) is 30.8 Å². The molecular weight excluding hydrogens is 528 g/mol. The lowest BCUT2D eigenvalue weighted by Crippen LogP contribution is -2.31. The summed E-state index contributed by atoms with van der Waals surface area (Å²) < 4.78 is 30.1. The van der Waals surface area contributed by atoms with Crippen molar-refractivity contribution in [3.8, 4) is 0 Å². The summed E-state index contributed by atoms with van der Waals surface area (Å²) in [4.78, 5) is 11.5. The Balaban J connectivity index is 1.43. The summed E-state index contributed by atoms with van der Waals surface area (Å²) in [5.41, 5.74) is 2.94. The molecule has 2 saturated carbocycles. The largest absolute Gasteiger partial charge is 0.469 e. The number of esters is 1. The Morgan fingerprint density at radius 3 is 2.48 bits per heavy atom. The van der Waals surface area contributed by atoms with Crippen molar-refractivity contribution in [2.24, 2.45) is 23.7 Å². The van der Waals surface area contributed by atoms with Crippen LogP contribution in [-0.4, -0.2) is 51.1 Å². The maximum absolute atomic E-state index is 11.5. The van der Waals surface area contributed by atoms with E-state index in [2.05, 4.69) is 45.1 Å². The van der Waals surface area contributed by atoms with Crippen LogP contribution in [0.1, 0.15) is 117 Å². The van der Waals surface area contributed by atoms with Gasteiger partial charge in [-0.05, 0) is 121 Å². The molecule has 0 N–H and O–H groups in total. The molecule has 0 aromatic heterocycles. The van der Waals surface area contributed by atoms with Gasteiger partial charge in [-0.2, -0.15) is 0 Å². The molecule has 2 saturated heterocycles. The molecule has 8 atom stereocenters. The zero-order valence-corrected chi connectivity index (χ0v) is 26.9. The van der Waals surface area contributed by atoms with Crippen LogP contribution in [0.15, 0.2) is 35.5 Å². The number of carbonyl (C=O) groups is 1. The van der Waals surface area contributed by atoms with E-state index in [0.717, 1.165) is 83.8 Å². The van der Waals surface area contributed by atoms with Crippen LogP contribution in [0, 0.1) is 23.7 Å². The standard InChI is InChI=1S/C36H58O6/c1-26(2)12-11-13-27(3)22-30(41-35-16-7-9-20-39-35)18-19-31-32-24-28(14-5-6-15-34(37)38-4)23-29(32)25-33(31)42-36-17-8-10-21-40-36/h12,14,18-19,27,29-33,35-36H,5-11,13,15-17,20-25H2,1-4H3/t27-,29+,30-,31+,32-,33-,35?,36?/m1/s1. The van der Waals surface area contributed by atoms with Crippen LogP contribution in [-0.2, 0) is 28.5 Å². The molecule has 2 aliphatic heterocycles. The molecular formula is C36H58O6. The highest BCUT2D eigenvalue weighted by Gasteiger charge is 2.47. The molecule has 42 heavy (non-hydrogen) atoms. The van der Waals surface area contributed by atoms with Gasteiger partial charge in [0.2, 0.25) is 0 Å². The van der Waals surface area contributed by atoms with Crippen molar-refractivity contribution in [1.82, 2.24) is 0 Å². The molecule has 2 aliphatic carbocycles. The summed E-state index contributed by atoms with van der Waals surface area (Å²) in [5.74, 6) is 2.05. The van der Waals surface area contributed by atoms with Gasteiger partial charge in [0.05, 0.1) is 19.3 Å². The minimum atomic E-state index is -0.117. The fourth-order valence-electron chi connectivity index (χ4n) is 7.34. The Kier molecular flexibility index (Phi) is 14.1. The first-order valence-electron chi connectivity index (χ1n) is 17.0. The highest BCUT2D eigenvalue weighted by atomic mass is 16.7. The molecule has 238 valence electrons. The zero-order valence-electron chi connectivity index (χ0n) is 26.9. The monoisotopic (exact) mass is 586 g/mol. The van der Waals surface area contributed by atoms with E-state index in [4.69, 9.17) is 23.7 Å². The van der Waals surface area contributed by atoms with Gasteiger partial charge in [0, 0.05) is 25.6 Å². The lowest BCUT2D eigenvalue weighted by Gasteiger charge is -2.30. The fraction of sp³-hybridized carbons (Fsp3) is 0.806. The average Bonchev–Trinajstić information content (AvgIpc) is 3.51. The molecule has 0 radical (unpaired) electrons. The number of unbranched alkanes of at least 4 members (excludes halogenated alkanes) is 1. The second kappa shape index (κ2) is 17.7. The SMILES string of the molecule is COC(=O)CCCC=C1C[C@H]2C[C@@H](OC3CCCCO3)[C@@H](C=C[C@H](C[C@H](C)CCC=C(C)C)OC3CCCCO3)[C@@H]2C1. The summed E-state index contributed by atoms with van der Waals surface area (Å²) in [7, 11) is 1.46. The number of ether oxygens (including phenoxy) is 5.